The number of alkyl halides is 3. The maximum atomic E-state index is 12.6. The molecule has 1 rings (SSSR count). The Labute approximate surface area is 102 Å². The highest BCUT2D eigenvalue weighted by Gasteiger charge is 2.32. The SMILES string of the molecule is Cc1ccc(NS(=O)(=O)CCO)cc1C(F)(F)F. The summed E-state index contributed by atoms with van der Waals surface area (Å²) in [5, 5.41) is 8.51. The summed E-state index contributed by atoms with van der Waals surface area (Å²) in [6.07, 6.45) is -4.54. The molecule has 8 heteroatoms. The molecule has 0 fully saturated rings. The number of nitrogens with one attached hydrogen (secondary N) is 1. The van der Waals surface area contributed by atoms with Crippen LogP contribution in [0.1, 0.15) is 11.1 Å². The number of benzene rings is 1. The first kappa shape index (κ1) is 14.8. The quantitative estimate of drug-likeness (QED) is 0.884. The minimum atomic E-state index is -4.54. The number of halogens is 3. The Bertz CT molecular complexity index is 526. The molecule has 0 heterocycles. The van der Waals surface area contributed by atoms with Crippen molar-refractivity contribution in [1.82, 2.24) is 0 Å². The third kappa shape index (κ3) is 3.88. The van der Waals surface area contributed by atoms with Crippen molar-refractivity contribution < 1.29 is 26.7 Å². The van der Waals surface area contributed by atoms with Crippen molar-refractivity contribution >= 4 is 15.7 Å². The molecule has 0 aliphatic heterocycles. The van der Waals surface area contributed by atoms with E-state index in [1.165, 1.54) is 19.1 Å². The third-order valence-corrected chi connectivity index (χ3v) is 3.44. The van der Waals surface area contributed by atoms with E-state index in [-0.39, 0.29) is 11.3 Å². The fourth-order valence-corrected chi connectivity index (χ4v) is 2.17. The van der Waals surface area contributed by atoms with Crippen LogP contribution in [0.5, 0.6) is 0 Å². The van der Waals surface area contributed by atoms with E-state index in [2.05, 4.69) is 0 Å². The summed E-state index contributed by atoms with van der Waals surface area (Å²) in [5.74, 6) is -0.567. The number of hydrogen-bond donors (Lipinski definition) is 2. The summed E-state index contributed by atoms with van der Waals surface area (Å²) < 4.78 is 62.3. The number of rotatable bonds is 4. The zero-order chi connectivity index (χ0) is 14.0. The monoisotopic (exact) mass is 283 g/mol. The molecule has 0 amide bonds. The average molecular weight is 283 g/mol. The molecule has 18 heavy (non-hydrogen) atoms. The van der Waals surface area contributed by atoms with E-state index in [1.54, 1.807) is 0 Å². The third-order valence-electron chi connectivity index (χ3n) is 2.18. The normalized spacial score (nSPS) is 12.5. The molecule has 0 atom stereocenters. The van der Waals surface area contributed by atoms with Crippen LogP contribution in [0.2, 0.25) is 0 Å². The van der Waals surface area contributed by atoms with Crippen LogP contribution in [0.25, 0.3) is 0 Å². The van der Waals surface area contributed by atoms with Gasteiger partial charge in [0.15, 0.2) is 0 Å². The fourth-order valence-electron chi connectivity index (χ4n) is 1.34. The maximum Gasteiger partial charge on any atom is 0.416 e. The summed E-state index contributed by atoms with van der Waals surface area (Å²) in [6, 6.07) is 3.14. The number of aliphatic hydroxyl groups excluding tert-OH is 1. The first-order valence-electron chi connectivity index (χ1n) is 4.95. The van der Waals surface area contributed by atoms with Gasteiger partial charge in [-0.1, -0.05) is 6.07 Å². The number of sulfonamides is 1. The second-order valence-corrected chi connectivity index (χ2v) is 5.51. The molecular formula is C10H12F3NO3S. The van der Waals surface area contributed by atoms with Gasteiger partial charge in [0.1, 0.15) is 0 Å². The molecule has 0 aliphatic carbocycles. The highest BCUT2D eigenvalue weighted by Crippen LogP contribution is 2.33. The van der Waals surface area contributed by atoms with E-state index < -0.39 is 34.1 Å². The lowest BCUT2D eigenvalue weighted by atomic mass is 10.1. The summed E-state index contributed by atoms with van der Waals surface area (Å²) >= 11 is 0. The van der Waals surface area contributed by atoms with Crippen molar-refractivity contribution in [3.05, 3.63) is 29.3 Å². The molecule has 1 aromatic carbocycles. The Balaban J connectivity index is 3.07. The predicted molar refractivity (Wildman–Crippen MR) is 60.7 cm³/mol. The molecule has 0 radical (unpaired) electrons. The van der Waals surface area contributed by atoms with Crippen molar-refractivity contribution in [1.29, 1.82) is 0 Å². The molecule has 0 saturated carbocycles. The first-order chi connectivity index (χ1) is 8.15. The largest absolute Gasteiger partial charge is 0.416 e. The Hall–Kier alpha value is -1.28. The van der Waals surface area contributed by atoms with Crippen LogP contribution in [0, 0.1) is 6.92 Å². The maximum absolute atomic E-state index is 12.6. The highest BCUT2D eigenvalue weighted by atomic mass is 32.2. The van der Waals surface area contributed by atoms with Gasteiger partial charge >= 0.3 is 6.18 Å². The number of aryl methyl sites for hydroxylation is 1. The van der Waals surface area contributed by atoms with Gasteiger partial charge in [0, 0.05) is 5.69 Å². The average Bonchev–Trinajstić information content (AvgIpc) is 2.18. The van der Waals surface area contributed by atoms with Gasteiger partial charge in [0.05, 0.1) is 17.9 Å². The lowest BCUT2D eigenvalue weighted by molar-refractivity contribution is -0.138. The topological polar surface area (TPSA) is 66.4 Å². The van der Waals surface area contributed by atoms with E-state index in [4.69, 9.17) is 5.11 Å². The fraction of sp³-hybridized carbons (Fsp3) is 0.400. The molecular weight excluding hydrogens is 271 g/mol. The minimum Gasteiger partial charge on any atom is -0.395 e. The number of anilines is 1. The van der Waals surface area contributed by atoms with Crippen LogP contribution in [-0.4, -0.2) is 25.9 Å². The predicted octanol–water partition coefficient (Wildman–Crippen LogP) is 1.75. The molecule has 4 nitrogen and oxygen atoms in total. The van der Waals surface area contributed by atoms with Crippen molar-refractivity contribution in [2.75, 3.05) is 17.1 Å². The molecule has 0 bridgehead atoms. The van der Waals surface area contributed by atoms with Gasteiger partial charge in [-0.05, 0) is 24.6 Å². The van der Waals surface area contributed by atoms with Crippen LogP contribution >= 0.6 is 0 Å². The summed E-state index contributed by atoms with van der Waals surface area (Å²) in [5.41, 5.74) is -1.07. The minimum absolute atomic E-state index is 0.00704. The number of aliphatic hydroxyl groups is 1. The number of hydrogen-bond acceptors (Lipinski definition) is 3. The Morgan fingerprint density at radius 2 is 1.94 bits per heavy atom. The Kier molecular flexibility index (Phi) is 4.23. The summed E-state index contributed by atoms with van der Waals surface area (Å²) in [6.45, 7) is 0.683. The standard InChI is InChI=1S/C10H12F3NO3S/c1-7-2-3-8(6-9(7)10(11,12)13)14-18(16,17)5-4-15/h2-3,6,14-15H,4-5H2,1H3. The van der Waals surface area contributed by atoms with Gasteiger partial charge in [0.2, 0.25) is 10.0 Å². The second-order valence-electron chi connectivity index (χ2n) is 3.67. The van der Waals surface area contributed by atoms with E-state index >= 15 is 0 Å². The Morgan fingerprint density at radius 3 is 2.44 bits per heavy atom. The van der Waals surface area contributed by atoms with Gasteiger partial charge < -0.3 is 5.11 Å². The Morgan fingerprint density at radius 1 is 1.33 bits per heavy atom. The molecule has 0 aromatic heterocycles. The van der Waals surface area contributed by atoms with Crippen LogP contribution in [-0.2, 0) is 16.2 Å². The lowest BCUT2D eigenvalue weighted by Gasteiger charge is -2.13. The van der Waals surface area contributed by atoms with Crippen LogP contribution < -0.4 is 4.72 Å². The van der Waals surface area contributed by atoms with E-state index in [1.807, 2.05) is 4.72 Å². The summed E-state index contributed by atoms with van der Waals surface area (Å²) in [4.78, 5) is 0. The van der Waals surface area contributed by atoms with E-state index in [0.717, 1.165) is 6.07 Å². The zero-order valence-corrected chi connectivity index (χ0v) is 10.3. The zero-order valence-electron chi connectivity index (χ0n) is 9.45. The van der Waals surface area contributed by atoms with Gasteiger partial charge in [-0.25, -0.2) is 8.42 Å². The van der Waals surface area contributed by atoms with Crippen molar-refractivity contribution in [3.63, 3.8) is 0 Å². The molecule has 102 valence electrons. The van der Waals surface area contributed by atoms with E-state index in [9.17, 15) is 21.6 Å². The molecule has 0 spiro atoms. The molecule has 0 saturated heterocycles. The van der Waals surface area contributed by atoms with Crippen molar-refractivity contribution in [2.45, 2.75) is 13.1 Å². The highest BCUT2D eigenvalue weighted by molar-refractivity contribution is 7.92. The molecule has 0 unspecified atom stereocenters. The van der Waals surface area contributed by atoms with Gasteiger partial charge in [-0.3, -0.25) is 4.72 Å². The summed E-state index contributed by atoms with van der Waals surface area (Å²) in [7, 11) is -3.83. The van der Waals surface area contributed by atoms with Crippen LogP contribution in [0.15, 0.2) is 18.2 Å². The van der Waals surface area contributed by atoms with E-state index in [0.29, 0.717) is 0 Å². The lowest BCUT2D eigenvalue weighted by Crippen LogP contribution is -2.19. The first-order valence-corrected chi connectivity index (χ1v) is 6.60. The molecule has 1 aromatic rings. The smallest absolute Gasteiger partial charge is 0.395 e. The molecule has 0 aliphatic rings. The van der Waals surface area contributed by atoms with Gasteiger partial charge in [-0.15, -0.1) is 0 Å². The molecule has 2 N–H and O–H groups in total. The second kappa shape index (κ2) is 5.15. The van der Waals surface area contributed by atoms with Crippen LogP contribution in [0.4, 0.5) is 18.9 Å². The van der Waals surface area contributed by atoms with Crippen molar-refractivity contribution in [3.8, 4) is 0 Å². The van der Waals surface area contributed by atoms with Gasteiger partial charge in [0.25, 0.3) is 0 Å². The van der Waals surface area contributed by atoms with Gasteiger partial charge in [-0.2, -0.15) is 13.2 Å². The van der Waals surface area contributed by atoms with Crippen LogP contribution in [0.3, 0.4) is 0 Å². The van der Waals surface area contributed by atoms with Crippen molar-refractivity contribution in [2.24, 2.45) is 0 Å².